The molecule has 7 nitrogen and oxygen atoms in total. The minimum absolute atomic E-state index is 0.227. The van der Waals surface area contributed by atoms with E-state index < -0.39 is 0 Å². The predicted molar refractivity (Wildman–Crippen MR) is 89.0 cm³/mol. The van der Waals surface area contributed by atoms with Crippen molar-refractivity contribution in [3.63, 3.8) is 0 Å². The third-order valence-corrected chi connectivity index (χ3v) is 4.26. The van der Waals surface area contributed by atoms with Crippen LogP contribution < -0.4 is 5.32 Å². The molecule has 0 aliphatic carbocycles. The van der Waals surface area contributed by atoms with Crippen molar-refractivity contribution in [1.29, 1.82) is 0 Å². The number of fused-ring (bicyclic) bond motifs is 1. The van der Waals surface area contributed by atoms with Gasteiger partial charge < -0.3 is 14.8 Å². The van der Waals surface area contributed by atoms with Crippen LogP contribution in [-0.4, -0.2) is 49.5 Å². The number of likely N-dealkylation sites (tertiary alicyclic amines) is 1. The van der Waals surface area contributed by atoms with Crippen molar-refractivity contribution in [2.24, 2.45) is 12.5 Å². The smallest absolute Gasteiger partial charge is 0.227 e. The number of carbonyl (C=O) groups is 1. The summed E-state index contributed by atoms with van der Waals surface area (Å²) >= 11 is 0. The summed E-state index contributed by atoms with van der Waals surface area (Å²) in [6.07, 6.45) is 5.14. The molecule has 3 rings (SSSR count). The van der Waals surface area contributed by atoms with E-state index in [2.05, 4.69) is 20.3 Å². The van der Waals surface area contributed by atoms with E-state index in [1.165, 1.54) is 0 Å². The number of amides is 1. The summed E-state index contributed by atoms with van der Waals surface area (Å²) in [6.45, 7) is 7.48. The summed E-state index contributed by atoms with van der Waals surface area (Å²) in [7, 11) is 1.92. The van der Waals surface area contributed by atoms with Gasteiger partial charge in [0, 0.05) is 31.6 Å². The van der Waals surface area contributed by atoms with Gasteiger partial charge in [0.05, 0.1) is 6.33 Å². The van der Waals surface area contributed by atoms with Gasteiger partial charge in [-0.3, -0.25) is 4.79 Å². The van der Waals surface area contributed by atoms with E-state index >= 15 is 0 Å². The van der Waals surface area contributed by atoms with E-state index in [0.717, 1.165) is 42.9 Å². The minimum atomic E-state index is -0.312. The lowest BCUT2D eigenvalue weighted by atomic mass is 9.93. The van der Waals surface area contributed by atoms with E-state index in [9.17, 15) is 4.79 Å². The van der Waals surface area contributed by atoms with E-state index in [1.54, 1.807) is 12.7 Å². The standard InChI is InChI=1S/C16H24N6O/c1-16(2,3)15(23)22-7-5-11(6-8-22)20-13-12-14(18-9-17-13)21(4)10-19-12/h9-11H,5-8H2,1-4H3,(H,17,18,20). The number of nitrogens with zero attached hydrogens (tertiary/aromatic N) is 5. The summed E-state index contributed by atoms with van der Waals surface area (Å²) in [5, 5.41) is 3.47. The predicted octanol–water partition coefficient (Wildman–Crippen LogP) is 1.81. The molecule has 0 aromatic carbocycles. The molecule has 2 aromatic heterocycles. The Morgan fingerprint density at radius 2 is 1.91 bits per heavy atom. The fourth-order valence-corrected chi connectivity index (χ4v) is 2.95. The van der Waals surface area contributed by atoms with Crippen LogP contribution >= 0.6 is 0 Å². The van der Waals surface area contributed by atoms with Crippen LogP contribution in [0.5, 0.6) is 0 Å². The van der Waals surface area contributed by atoms with Crippen LogP contribution in [0.15, 0.2) is 12.7 Å². The Kier molecular flexibility index (Phi) is 3.95. The van der Waals surface area contributed by atoms with Crippen LogP contribution in [0.3, 0.4) is 0 Å². The molecule has 124 valence electrons. The van der Waals surface area contributed by atoms with Gasteiger partial charge in [-0.15, -0.1) is 0 Å². The van der Waals surface area contributed by atoms with Crippen LogP contribution in [0.4, 0.5) is 5.82 Å². The van der Waals surface area contributed by atoms with Gasteiger partial charge in [-0.1, -0.05) is 20.8 Å². The topological polar surface area (TPSA) is 75.9 Å². The Morgan fingerprint density at radius 1 is 1.22 bits per heavy atom. The maximum absolute atomic E-state index is 12.3. The van der Waals surface area contributed by atoms with Gasteiger partial charge in [0.25, 0.3) is 0 Å². The van der Waals surface area contributed by atoms with E-state index in [0.29, 0.717) is 6.04 Å². The molecule has 0 spiro atoms. The molecule has 23 heavy (non-hydrogen) atoms. The van der Waals surface area contributed by atoms with Crippen LogP contribution in [0.1, 0.15) is 33.6 Å². The highest BCUT2D eigenvalue weighted by Crippen LogP contribution is 2.24. The van der Waals surface area contributed by atoms with Gasteiger partial charge >= 0.3 is 0 Å². The maximum Gasteiger partial charge on any atom is 0.227 e. The molecule has 1 amide bonds. The first kappa shape index (κ1) is 15.7. The van der Waals surface area contributed by atoms with Gasteiger partial charge in [0.15, 0.2) is 11.5 Å². The third-order valence-electron chi connectivity index (χ3n) is 4.26. The van der Waals surface area contributed by atoms with E-state index in [4.69, 9.17) is 0 Å². The van der Waals surface area contributed by atoms with Gasteiger partial charge in [-0.2, -0.15) is 0 Å². The lowest BCUT2D eigenvalue weighted by Crippen LogP contribution is -2.46. The largest absolute Gasteiger partial charge is 0.365 e. The molecule has 0 radical (unpaired) electrons. The number of aryl methyl sites for hydroxylation is 1. The van der Waals surface area contributed by atoms with Crippen molar-refractivity contribution in [3.8, 4) is 0 Å². The third kappa shape index (κ3) is 3.13. The Labute approximate surface area is 136 Å². The van der Waals surface area contributed by atoms with Gasteiger partial charge in [0.2, 0.25) is 5.91 Å². The second kappa shape index (κ2) is 5.79. The summed E-state index contributed by atoms with van der Waals surface area (Å²) in [5.41, 5.74) is 1.30. The molecule has 1 fully saturated rings. The number of nitrogens with one attached hydrogen (secondary N) is 1. The number of aromatic nitrogens is 4. The lowest BCUT2D eigenvalue weighted by molar-refractivity contribution is -0.140. The first-order valence-electron chi connectivity index (χ1n) is 8.04. The summed E-state index contributed by atoms with van der Waals surface area (Å²) in [6, 6.07) is 0.305. The van der Waals surface area contributed by atoms with Crippen LogP contribution in [0, 0.1) is 5.41 Å². The van der Waals surface area contributed by atoms with Crippen molar-refractivity contribution in [1.82, 2.24) is 24.4 Å². The summed E-state index contributed by atoms with van der Waals surface area (Å²) in [4.78, 5) is 27.3. The number of rotatable bonds is 2. The summed E-state index contributed by atoms with van der Waals surface area (Å²) < 4.78 is 1.88. The van der Waals surface area contributed by atoms with Crippen molar-refractivity contribution in [3.05, 3.63) is 12.7 Å². The first-order chi connectivity index (χ1) is 10.9. The Balaban J connectivity index is 1.66. The van der Waals surface area contributed by atoms with E-state index in [1.807, 2.05) is 37.3 Å². The normalized spacial score (nSPS) is 16.8. The Morgan fingerprint density at radius 3 is 2.57 bits per heavy atom. The molecule has 0 atom stereocenters. The molecule has 0 saturated carbocycles. The van der Waals surface area contributed by atoms with Gasteiger partial charge in [-0.05, 0) is 12.8 Å². The average molecular weight is 316 g/mol. The molecular weight excluding hydrogens is 292 g/mol. The molecule has 0 unspecified atom stereocenters. The van der Waals surface area contributed by atoms with Crippen LogP contribution in [0.2, 0.25) is 0 Å². The highest BCUT2D eigenvalue weighted by Gasteiger charge is 2.30. The zero-order valence-electron chi connectivity index (χ0n) is 14.2. The Hall–Kier alpha value is -2.18. The molecule has 3 heterocycles. The zero-order valence-corrected chi connectivity index (χ0v) is 14.2. The molecule has 1 N–H and O–H groups in total. The molecular formula is C16H24N6O. The fraction of sp³-hybridized carbons (Fsp3) is 0.625. The molecule has 0 bridgehead atoms. The molecule has 7 heteroatoms. The average Bonchev–Trinajstić information content (AvgIpc) is 2.89. The van der Waals surface area contributed by atoms with Crippen LogP contribution in [0.25, 0.3) is 11.2 Å². The second-order valence-corrected chi connectivity index (χ2v) is 7.21. The van der Waals surface area contributed by atoms with Gasteiger partial charge in [0.1, 0.15) is 11.8 Å². The minimum Gasteiger partial charge on any atom is -0.365 e. The highest BCUT2D eigenvalue weighted by atomic mass is 16.2. The lowest BCUT2D eigenvalue weighted by Gasteiger charge is -2.36. The molecule has 1 aliphatic heterocycles. The van der Waals surface area contributed by atoms with Crippen molar-refractivity contribution >= 4 is 22.9 Å². The number of anilines is 1. The Bertz CT molecular complexity index is 709. The van der Waals surface area contributed by atoms with Gasteiger partial charge in [-0.25, -0.2) is 15.0 Å². The second-order valence-electron chi connectivity index (χ2n) is 7.21. The van der Waals surface area contributed by atoms with Crippen LogP contribution in [-0.2, 0) is 11.8 Å². The van der Waals surface area contributed by atoms with Crippen molar-refractivity contribution in [2.75, 3.05) is 18.4 Å². The SMILES string of the molecule is Cn1cnc2c(NC3CCN(C(=O)C(C)(C)C)CC3)ncnc21. The number of imidazole rings is 1. The highest BCUT2D eigenvalue weighted by molar-refractivity contribution is 5.83. The van der Waals surface area contributed by atoms with E-state index in [-0.39, 0.29) is 11.3 Å². The first-order valence-corrected chi connectivity index (χ1v) is 8.04. The van der Waals surface area contributed by atoms with Crippen molar-refractivity contribution < 1.29 is 4.79 Å². The quantitative estimate of drug-likeness (QED) is 0.914. The molecule has 1 saturated heterocycles. The molecule has 2 aromatic rings. The number of hydrogen-bond donors (Lipinski definition) is 1. The number of hydrogen-bond acceptors (Lipinski definition) is 5. The maximum atomic E-state index is 12.3. The van der Waals surface area contributed by atoms with Crippen molar-refractivity contribution in [2.45, 2.75) is 39.7 Å². The zero-order chi connectivity index (χ0) is 16.6. The summed E-state index contributed by atoms with van der Waals surface area (Å²) in [5.74, 6) is 1.00. The number of carbonyl (C=O) groups excluding carboxylic acids is 1. The fourth-order valence-electron chi connectivity index (χ4n) is 2.95. The monoisotopic (exact) mass is 316 g/mol. The number of piperidine rings is 1. The molecule has 1 aliphatic rings.